The molecular weight excluding hydrogens is 356 g/mol. The largest absolute Gasteiger partial charge is 0.374 e. The Balaban J connectivity index is 0.000000156. The Hall–Kier alpha value is -1.75. The zero-order valence-corrected chi connectivity index (χ0v) is 17.2. The summed E-state index contributed by atoms with van der Waals surface area (Å²) in [6.07, 6.45) is 4.78. The van der Waals surface area contributed by atoms with Crippen molar-refractivity contribution in [2.24, 2.45) is 11.5 Å². The van der Waals surface area contributed by atoms with Crippen molar-refractivity contribution in [2.75, 3.05) is 37.0 Å². The van der Waals surface area contributed by atoms with Gasteiger partial charge < -0.3 is 21.3 Å². The van der Waals surface area contributed by atoms with E-state index in [0.29, 0.717) is 13.1 Å². The first-order valence-corrected chi connectivity index (χ1v) is 10.2. The molecule has 0 unspecified atom stereocenters. The van der Waals surface area contributed by atoms with Gasteiger partial charge in [0.25, 0.3) is 0 Å². The highest BCUT2D eigenvalue weighted by Gasteiger charge is 2.17. The Morgan fingerprint density at radius 3 is 2.19 bits per heavy atom. The van der Waals surface area contributed by atoms with Crippen molar-refractivity contribution in [1.82, 2.24) is 0 Å². The molecule has 4 rings (SSSR count). The molecule has 0 aliphatic carbocycles. The standard InChI is InChI=1S/C11H15ClN2.C11H16N2/c1-14-4-2-3-9-5-8(7-13)6-10(12)11(9)14;1-13-6-2-3-10-7-9(8-12)4-5-11(10)13/h5-6H,2-4,7,13H2,1H3;4-5,7H,2-3,6,8,12H2,1H3. The summed E-state index contributed by atoms with van der Waals surface area (Å²) >= 11 is 6.22. The zero-order valence-electron chi connectivity index (χ0n) is 16.5. The van der Waals surface area contributed by atoms with Gasteiger partial charge in [-0.05, 0) is 60.1 Å². The van der Waals surface area contributed by atoms with E-state index >= 15 is 0 Å². The van der Waals surface area contributed by atoms with Crippen molar-refractivity contribution >= 4 is 23.0 Å². The van der Waals surface area contributed by atoms with Gasteiger partial charge in [-0.2, -0.15) is 0 Å². The summed E-state index contributed by atoms with van der Waals surface area (Å²) in [5.74, 6) is 0. The van der Waals surface area contributed by atoms with E-state index in [1.54, 1.807) is 0 Å². The van der Waals surface area contributed by atoms with Gasteiger partial charge in [-0.15, -0.1) is 0 Å². The van der Waals surface area contributed by atoms with Crippen LogP contribution in [0.3, 0.4) is 0 Å². The fourth-order valence-corrected chi connectivity index (χ4v) is 4.44. The lowest BCUT2D eigenvalue weighted by molar-refractivity contribution is 0.743. The Kier molecular flexibility index (Phi) is 6.64. The molecule has 4 N–H and O–H groups in total. The molecule has 4 nitrogen and oxygen atoms in total. The minimum atomic E-state index is 0.566. The maximum absolute atomic E-state index is 6.22. The summed E-state index contributed by atoms with van der Waals surface area (Å²) in [4.78, 5) is 4.54. The second-order valence-electron chi connectivity index (χ2n) is 7.51. The topological polar surface area (TPSA) is 58.5 Å². The molecule has 0 atom stereocenters. The minimum Gasteiger partial charge on any atom is -0.374 e. The van der Waals surface area contributed by atoms with E-state index in [0.717, 1.165) is 23.6 Å². The van der Waals surface area contributed by atoms with Crippen LogP contribution in [0.15, 0.2) is 30.3 Å². The van der Waals surface area contributed by atoms with Crippen LogP contribution in [-0.2, 0) is 25.9 Å². The number of nitrogens with two attached hydrogens (primary N) is 2. The Morgan fingerprint density at radius 2 is 1.48 bits per heavy atom. The van der Waals surface area contributed by atoms with Gasteiger partial charge in [0, 0.05) is 46.0 Å². The summed E-state index contributed by atoms with van der Waals surface area (Å²) in [6, 6.07) is 10.7. The minimum absolute atomic E-state index is 0.566. The van der Waals surface area contributed by atoms with E-state index in [1.807, 2.05) is 6.07 Å². The van der Waals surface area contributed by atoms with Crippen LogP contribution in [0, 0.1) is 0 Å². The predicted molar refractivity (Wildman–Crippen MR) is 117 cm³/mol. The average Bonchev–Trinajstić information content (AvgIpc) is 2.68. The highest BCUT2D eigenvalue weighted by atomic mass is 35.5. The number of halogens is 1. The van der Waals surface area contributed by atoms with Gasteiger partial charge in [-0.1, -0.05) is 29.8 Å². The summed E-state index contributed by atoms with van der Waals surface area (Å²) in [7, 11) is 4.24. The summed E-state index contributed by atoms with van der Waals surface area (Å²) in [5, 5.41) is 0.838. The van der Waals surface area contributed by atoms with E-state index in [2.05, 4.69) is 48.2 Å². The lowest BCUT2D eigenvalue weighted by Gasteiger charge is -2.29. The lowest BCUT2D eigenvalue weighted by Crippen LogP contribution is -2.25. The molecule has 0 fully saturated rings. The van der Waals surface area contributed by atoms with Crippen LogP contribution in [0.5, 0.6) is 0 Å². The second kappa shape index (κ2) is 8.96. The van der Waals surface area contributed by atoms with Gasteiger partial charge in [0.2, 0.25) is 0 Å². The van der Waals surface area contributed by atoms with Crippen molar-refractivity contribution < 1.29 is 0 Å². The smallest absolute Gasteiger partial charge is 0.0645 e. The second-order valence-corrected chi connectivity index (χ2v) is 7.91. The molecule has 0 spiro atoms. The Labute approximate surface area is 168 Å². The van der Waals surface area contributed by atoms with Crippen molar-refractivity contribution in [1.29, 1.82) is 0 Å². The first-order chi connectivity index (χ1) is 13.0. The fourth-order valence-electron chi connectivity index (χ4n) is 4.04. The van der Waals surface area contributed by atoms with Crippen LogP contribution in [0.4, 0.5) is 11.4 Å². The normalized spacial score (nSPS) is 15.6. The van der Waals surface area contributed by atoms with E-state index in [9.17, 15) is 0 Å². The third kappa shape index (κ3) is 4.57. The molecule has 2 aliphatic rings. The van der Waals surface area contributed by atoms with Crippen LogP contribution in [0.25, 0.3) is 0 Å². The van der Waals surface area contributed by atoms with E-state index < -0.39 is 0 Å². The van der Waals surface area contributed by atoms with Crippen molar-refractivity contribution in [3.63, 3.8) is 0 Å². The van der Waals surface area contributed by atoms with Crippen LogP contribution in [-0.4, -0.2) is 27.2 Å². The molecule has 0 saturated heterocycles. The summed E-state index contributed by atoms with van der Waals surface area (Å²) in [6.45, 7) is 3.48. The third-order valence-electron chi connectivity index (χ3n) is 5.49. The first kappa shape index (κ1) is 20.0. The highest BCUT2D eigenvalue weighted by molar-refractivity contribution is 6.33. The Morgan fingerprint density at radius 1 is 0.852 bits per heavy atom. The molecular formula is C22H31ClN4. The molecule has 0 bridgehead atoms. The molecule has 2 heterocycles. The highest BCUT2D eigenvalue weighted by Crippen LogP contribution is 2.34. The quantitative estimate of drug-likeness (QED) is 0.826. The first-order valence-electron chi connectivity index (χ1n) is 9.79. The predicted octanol–water partition coefficient (Wildman–Crippen LogP) is 3.71. The van der Waals surface area contributed by atoms with Crippen molar-refractivity contribution in [3.8, 4) is 0 Å². The molecule has 146 valence electrons. The van der Waals surface area contributed by atoms with Crippen LogP contribution < -0.4 is 21.3 Å². The van der Waals surface area contributed by atoms with E-state index in [-0.39, 0.29) is 0 Å². The van der Waals surface area contributed by atoms with Gasteiger partial charge in [0.1, 0.15) is 0 Å². The van der Waals surface area contributed by atoms with Crippen molar-refractivity contribution in [3.05, 3.63) is 57.6 Å². The number of aryl methyl sites for hydroxylation is 2. The molecule has 2 aromatic rings. The number of hydrogen-bond acceptors (Lipinski definition) is 4. The third-order valence-corrected chi connectivity index (χ3v) is 5.78. The molecule has 2 aliphatic heterocycles. The van der Waals surface area contributed by atoms with Gasteiger partial charge in [0.15, 0.2) is 0 Å². The average molecular weight is 387 g/mol. The molecule has 0 amide bonds. The number of hydrogen-bond donors (Lipinski definition) is 2. The molecule has 27 heavy (non-hydrogen) atoms. The Bertz CT molecular complexity index is 790. The maximum atomic E-state index is 6.22. The number of nitrogens with zero attached hydrogens (tertiary/aromatic N) is 2. The number of anilines is 2. The molecule has 5 heteroatoms. The fraction of sp³-hybridized carbons (Fsp3) is 0.455. The maximum Gasteiger partial charge on any atom is 0.0645 e. The number of benzene rings is 2. The number of fused-ring (bicyclic) bond motifs is 2. The molecule has 0 saturated carbocycles. The van der Waals surface area contributed by atoms with Gasteiger partial charge in [-0.3, -0.25) is 0 Å². The van der Waals surface area contributed by atoms with Gasteiger partial charge >= 0.3 is 0 Å². The molecule has 0 radical (unpaired) electrons. The van der Waals surface area contributed by atoms with Crippen molar-refractivity contribution in [2.45, 2.75) is 38.8 Å². The summed E-state index contributed by atoms with van der Waals surface area (Å²) in [5.41, 5.74) is 19.0. The van der Waals surface area contributed by atoms with Crippen LogP contribution in [0.2, 0.25) is 5.02 Å². The summed E-state index contributed by atoms with van der Waals surface area (Å²) < 4.78 is 0. The van der Waals surface area contributed by atoms with Gasteiger partial charge in [-0.25, -0.2) is 0 Å². The van der Waals surface area contributed by atoms with E-state index in [1.165, 1.54) is 53.9 Å². The monoisotopic (exact) mass is 386 g/mol. The SMILES string of the molecule is CN1CCCc2cc(CN)cc(Cl)c21.CN1CCCc2cc(CN)ccc21. The molecule has 0 aromatic heterocycles. The lowest BCUT2D eigenvalue weighted by atomic mass is 9.99. The zero-order chi connectivity index (χ0) is 19.4. The van der Waals surface area contributed by atoms with Gasteiger partial charge in [0.05, 0.1) is 10.7 Å². The van der Waals surface area contributed by atoms with E-state index in [4.69, 9.17) is 23.1 Å². The number of rotatable bonds is 2. The van der Waals surface area contributed by atoms with Crippen LogP contribution in [0.1, 0.15) is 35.1 Å². The molecule has 2 aromatic carbocycles. The van der Waals surface area contributed by atoms with Crippen LogP contribution >= 0.6 is 11.6 Å².